The summed E-state index contributed by atoms with van der Waals surface area (Å²) >= 11 is 1.35. The molecule has 0 aromatic carbocycles. The molecule has 19 heavy (non-hydrogen) atoms. The van der Waals surface area contributed by atoms with E-state index >= 15 is 0 Å². The van der Waals surface area contributed by atoms with Crippen molar-refractivity contribution in [2.24, 2.45) is 0 Å². The minimum absolute atomic E-state index is 0.0511. The minimum Gasteiger partial charge on any atom is -0.362 e. The van der Waals surface area contributed by atoms with Crippen molar-refractivity contribution in [3.05, 3.63) is 10.1 Å². The first-order valence-corrected chi connectivity index (χ1v) is 7.21. The largest absolute Gasteiger partial charge is 0.362 e. The highest BCUT2D eigenvalue weighted by Gasteiger charge is 2.25. The van der Waals surface area contributed by atoms with E-state index < -0.39 is 4.92 Å². The molecule has 1 aromatic heterocycles. The van der Waals surface area contributed by atoms with Crippen LogP contribution in [0.15, 0.2) is 5.16 Å². The third-order valence-corrected chi connectivity index (χ3v) is 2.63. The summed E-state index contributed by atoms with van der Waals surface area (Å²) < 4.78 is 0. The maximum atomic E-state index is 11.2. The molecule has 0 bridgehead atoms. The number of rotatable bonds is 6. The van der Waals surface area contributed by atoms with Gasteiger partial charge in [-0.2, -0.15) is 9.97 Å². The third-order valence-electron chi connectivity index (χ3n) is 2.08. The summed E-state index contributed by atoms with van der Waals surface area (Å²) in [6.07, 6.45) is 1.83. The summed E-state index contributed by atoms with van der Waals surface area (Å²) in [5, 5.41) is 17.7. The summed E-state index contributed by atoms with van der Waals surface area (Å²) in [6.45, 7) is 7.61. The molecule has 8 heteroatoms. The first kappa shape index (κ1) is 15.5. The van der Waals surface area contributed by atoms with E-state index in [1.165, 1.54) is 11.8 Å². The van der Waals surface area contributed by atoms with Crippen LogP contribution in [0, 0.1) is 10.1 Å². The summed E-state index contributed by atoms with van der Waals surface area (Å²) in [5.41, 5.74) is -0.111. The van der Waals surface area contributed by atoms with E-state index in [2.05, 4.69) is 20.6 Å². The quantitative estimate of drug-likeness (QED) is 0.359. The number of hydrogen-bond acceptors (Lipinski definition) is 7. The van der Waals surface area contributed by atoms with Crippen molar-refractivity contribution in [3.8, 4) is 0 Å². The maximum Gasteiger partial charge on any atom is 0.353 e. The Balaban J connectivity index is 3.36. The standard InChI is InChI=1S/C11H19N5O2S/c1-6(2)12-9-8(16(17)18)10(13-7(3)4)15-11(14-9)19-5/h6-7H,1-5H3,(H2,12,13,14,15). The lowest BCUT2D eigenvalue weighted by molar-refractivity contribution is -0.383. The highest BCUT2D eigenvalue weighted by atomic mass is 32.2. The van der Waals surface area contributed by atoms with Crippen molar-refractivity contribution in [2.45, 2.75) is 44.9 Å². The van der Waals surface area contributed by atoms with Crippen molar-refractivity contribution in [3.63, 3.8) is 0 Å². The summed E-state index contributed by atoms with van der Waals surface area (Å²) in [4.78, 5) is 19.1. The highest BCUT2D eigenvalue weighted by Crippen LogP contribution is 2.32. The number of hydrogen-bond donors (Lipinski definition) is 2. The Bertz CT molecular complexity index is 433. The van der Waals surface area contributed by atoms with Gasteiger partial charge in [0.15, 0.2) is 5.16 Å². The number of nitrogens with one attached hydrogen (secondary N) is 2. The number of anilines is 2. The molecule has 0 saturated carbocycles. The van der Waals surface area contributed by atoms with Gasteiger partial charge in [0.05, 0.1) is 4.92 Å². The predicted molar refractivity (Wildman–Crippen MR) is 78.0 cm³/mol. The van der Waals surface area contributed by atoms with E-state index in [0.29, 0.717) is 5.16 Å². The summed E-state index contributed by atoms with van der Waals surface area (Å²) in [5.74, 6) is 0.505. The van der Waals surface area contributed by atoms with Crippen molar-refractivity contribution < 1.29 is 4.92 Å². The molecule has 2 N–H and O–H groups in total. The summed E-state index contributed by atoms with van der Waals surface area (Å²) in [7, 11) is 0. The number of nitro groups is 1. The van der Waals surface area contributed by atoms with Crippen LogP contribution in [-0.2, 0) is 0 Å². The van der Waals surface area contributed by atoms with E-state index in [1.807, 2.05) is 34.0 Å². The Labute approximate surface area is 116 Å². The molecule has 0 atom stereocenters. The lowest BCUT2D eigenvalue weighted by Crippen LogP contribution is -2.18. The van der Waals surface area contributed by atoms with E-state index in [9.17, 15) is 10.1 Å². The average Bonchev–Trinajstić information content (AvgIpc) is 2.25. The van der Waals surface area contributed by atoms with Gasteiger partial charge in [0, 0.05) is 12.1 Å². The Morgan fingerprint density at radius 1 is 1.11 bits per heavy atom. The van der Waals surface area contributed by atoms with Gasteiger partial charge in [0.25, 0.3) is 0 Å². The van der Waals surface area contributed by atoms with Crippen molar-refractivity contribution in [1.29, 1.82) is 0 Å². The smallest absolute Gasteiger partial charge is 0.353 e. The maximum absolute atomic E-state index is 11.2. The van der Waals surface area contributed by atoms with Crippen LogP contribution in [0.1, 0.15) is 27.7 Å². The first-order valence-electron chi connectivity index (χ1n) is 5.98. The number of aromatic nitrogens is 2. The van der Waals surface area contributed by atoms with Gasteiger partial charge in [-0.3, -0.25) is 10.1 Å². The fraction of sp³-hybridized carbons (Fsp3) is 0.636. The molecule has 1 heterocycles. The van der Waals surface area contributed by atoms with E-state index in [4.69, 9.17) is 0 Å². The van der Waals surface area contributed by atoms with Crippen LogP contribution in [0.3, 0.4) is 0 Å². The fourth-order valence-corrected chi connectivity index (χ4v) is 1.81. The van der Waals surface area contributed by atoms with Crippen LogP contribution in [0.2, 0.25) is 0 Å². The minimum atomic E-state index is -0.459. The molecule has 106 valence electrons. The third kappa shape index (κ3) is 4.23. The van der Waals surface area contributed by atoms with Gasteiger partial charge >= 0.3 is 5.69 Å². The first-order chi connectivity index (χ1) is 8.85. The number of thioether (sulfide) groups is 1. The monoisotopic (exact) mass is 285 g/mol. The molecule has 0 aliphatic rings. The second-order valence-corrected chi connectivity index (χ2v) is 5.38. The van der Waals surface area contributed by atoms with Crippen molar-refractivity contribution in [1.82, 2.24) is 9.97 Å². The molecule has 0 saturated heterocycles. The van der Waals surface area contributed by atoms with E-state index in [1.54, 1.807) is 0 Å². The Morgan fingerprint density at radius 2 is 1.53 bits per heavy atom. The van der Waals surface area contributed by atoms with E-state index in [-0.39, 0.29) is 29.4 Å². The van der Waals surface area contributed by atoms with Crippen molar-refractivity contribution >= 4 is 29.1 Å². The average molecular weight is 285 g/mol. The van der Waals surface area contributed by atoms with Gasteiger partial charge in [0.2, 0.25) is 11.6 Å². The second-order valence-electron chi connectivity index (χ2n) is 4.61. The molecular weight excluding hydrogens is 266 g/mol. The molecule has 0 unspecified atom stereocenters. The molecule has 1 rings (SSSR count). The van der Waals surface area contributed by atoms with Crippen LogP contribution < -0.4 is 10.6 Å². The topological polar surface area (TPSA) is 93.0 Å². The Morgan fingerprint density at radius 3 is 1.79 bits per heavy atom. The zero-order valence-corrected chi connectivity index (χ0v) is 12.5. The fourth-order valence-electron chi connectivity index (χ4n) is 1.45. The Kier molecular flexibility index (Phi) is 5.34. The lowest BCUT2D eigenvalue weighted by Gasteiger charge is -2.14. The molecule has 0 aliphatic carbocycles. The zero-order valence-electron chi connectivity index (χ0n) is 11.7. The highest BCUT2D eigenvalue weighted by molar-refractivity contribution is 7.98. The van der Waals surface area contributed by atoms with E-state index in [0.717, 1.165) is 0 Å². The van der Waals surface area contributed by atoms with Gasteiger partial charge in [-0.25, -0.2) is 0 Å². The van der Waals surface area contributed by atoms with Gasteiger partial charge < -0.3 is 10.6 Å². The predicted octanol–water partition coefficient (Wildman–Crippen LogP) is 2.75. The van der Waals surface area contributed by atoms with Gasteiger partial charge in [0.1, 0.15) is 0 Å². The van der Waals surface area contributed by atoms with Crippen molar-refractivity contribution in [2.75, 3.05) is 16.9 Å². The van der Waals surface area contributed by atoms with Gasteiger partial charge in [-0.1, -0.05) is 11.8 Å². The van der Waals surface area contributed by atoms with Crippen LogP contribution >= 0.6 is 11.8 Å². The summed E-state index contributed by atoms with van der Waals surface area (Å²) in [6, 6.07) is 0.102. The zero-order chi connectivity index (χ0) is 14.6. The number of nitrogens with zero attached hydrogens (tertiary/aromatic N) is 3. The lowest BCUT2D eigenvalue weighted by atomic mass is 10.3. The molecule has 7 nitrogen and oxygen atoms in total. The molecule has 0 fully saturated rings. The molecule has 0 amide bonds. The molecule has 1 aromatic rings. The Hall–Kier alpha value is -1.57. The normalized spacial score (nSPS) is 10.9. The molecule has 0 aliphatic heterocycles. The van der Waals surface area contributed by atoms with Crippen LogP contribution in [-0.4, -0.2) is 33.2 Å². The van der Waals surface area contributed by atoms with Gasteiger partial charge in [-0.15, -0.1) is 0 Å². The van der Waals surface area contributed by atoms with Crippen LogP contribution in [0.5, 0.6) is 0 Å². The SMILES string of the molecule is CSc1nc(NC(C)C)c([N+](=O)[O-])c(NC(C)C)n1. The second kappa shape index (κ2) is 6.55. The molecule has 0 radical (unpaired) electrons. The van der Waals surface area contributed by atoms with Gasteiger partial charge in [-0.05, 0) is 34.0 Å². The molecule has 0 spiro atoms. The van der Waals surface area contributed by atoms with Crippen LogP contribution in [0.25, 0.3) is 0 Å². The molecular formula is C11H19N5O2S. The van der Waals surface area contributed by atoms with Crippen LogP contribution in [0.4, 0.5) is 17.3 Å².